The highest BCUT2D eigenvalue weighted by Crippen LogP contribution is 2.31. The van der Waals surface area contributed by atoms with E-state index in [4.69, 9.17) is 5.73 Å². The van der Waals surface area contributed by atoms with Crippen molar-refractivity contribution in [3.63, 3.8) is 0 Å². The van der Waals surface area contributed by atoms with Gasteiger partial charge in [0, 0.05) is 31.2 Å². The lowest BCUT2D eigenvalue weighted by Gasteiger charge is -2.44. The molecule has 1 aliphatic carbocycles. The van der Waals surface area contributed by atoms with E-state index in [1.807, 2.05) is 0 Å². The zero-order valence-corrected chi connectivity index (χ0v) is 13.0. The Hall–Kier alpha value is -0.810. The second-order valence-electron chi connectivity index (χ2n) is 6.66. The molecule has 1 aliphatic heterocycles. The second kappa shape index (κ2) is 6.76. The predicted octanol–water partition coefficient (Wildman–Crippen LogP) is 1.38. The number of carbonyl (C=O) groups is 1. The average molecular weight is 282 g/mol. The predicted molar refractivity (Wildman–Crippen MR) is 81.7 cm³/mol. The van der Waals surface area contributed by atoms with E-state index in [1.165, 1.54) is 32.1 Å². The zero-order chi connectivity index (χ0) is 14.6. The van der Waals surface area contributed by atoms with Crippen LogP contribution in [0.4, 0.5) is 4.79 Å². The molecule has 0 atom stereocenters. The van der Waals surface area contributed by atoms with E-state index in [-0.39, 0.29) is 6.03 Å². The average Bonchev–Trinajstić information content (AvgIpc) is 2.46. The van der Waals surface area contributed by atoms with Crippen molar-refractivity contribution in [2.24, 2.45) is 5.73 Å². The van der Waals surface area contributed by atoms with E-state index in [0.717, 1.165) is 32.5 Å². The van der Waals surface area contributed by atoms with E-state index >= 15 is 0 Å². The highest BCUT2D eigenvalue weighted by Gasteiger charge is 2.34. The molecule has 5 nitrogen and oxygen atoms in total. The Labute approximate surface area is 122 Å². The van der Waals surface area contributed by atoms with Crippen LogP contribution in [-0.4, -0.2) is 61.1 Å². The molecule has 2 aliphatic rings. The van der Waals surface area contributed by atoms with Gasteiger partial charge in [0.25, 0.3) is 0 Å². The van der Waals surface area contributed by atoms with Gasteiger partial charge in [0.15, 0.2) is 0 Å². The van der Waals surface area contributed by atoms with Gasteiger partial charge in [-0.25, -0.2) is 4.79 Å². The Morgan fingerprint density at radius 1 is 1.25 bits per heavy atom. The van der Waals surface area contributed by atoms with Crippen molar-refractivity contribution in [1.82, 2.24) is 15.1 Å². The first kappa shape index (κ1) is 15.6. The van der Waals surface area contributed by atoms with E-state index in [9.17, 15) is 4.79 Å². The summed E-state index contributed by atoms with van der Waals surface area (Å²) in [5.74, 6) is 0. The molecular formula is C15H30N4O. The number of nitrogens with zero attached hydrogens (tertiary/aromatic N) is 2. The van der Waals surface area contributed by atoms with Crippen LogP contribution >= 0.6 is 0 Å². The monoisotopic (exact) mass is 282 g/mol. The van der Waals surface area contributed by atoms with Crippen LogP contribution in [0.3, 0.4) is 0 Å². The van der Waals surface area contributed by atoms with Crippen molar-refractivity contribution < 1.29 is 4.79 Å². The third-order valence-corrected chi connectivity index (χ3v) is 5.26. The summed E-state index contributed by atoms with van der Waals surface area (Å²) in [6.07, 6.45) is 8.71. The first-order valence-electron chi connectivity index (χ1n) is 7.99. The molecule has 2 amide bonds. The molecule has 0 aromatic carbocycles. The summed E-state index contributed by atoms with van der Waals surface area (Å²) in [5.41, 5.74) is 5.66. The molecule has 116 valence electrons. The molecule has 2 fully saturated rings. The molecule has 3 N–H and O–H groups in total. The van der Waals surface area contributed by atoms with Gasteiger partial charge in [0.1, 0.15) is 0 Å². The largest absolute Gasteiger partial charge is 0.351 e. The number of rotatable bonds is 4. The van der Waals surface area contributed by atoms with Crippen molar-refractivity contribution >= 4 is 6.03 Å². The van der Waals surface area contributed by atoms with Crippen LogP contribution in [-0.2, 0) is 0 Å². The number of primary amides is 1. The molecular weight excluding hydrogens is 252 g/mol. The first-order chi connectivity index (χ1) is 9.53. The number of likely N-dealkylation sites (tertiary alicyclic amines) is 1. The minimum Gasteiger partial charge on any atom is -0.351 e. The second-order valence-corrected chi connectivity index (χ2v) is 6.66. The Morgan fingerprint density at radius 2 is 1.85 bits per heavy atom. The van der Waals surface area contributed by atoms with Gasteiger partial charge in [-0.3, -0.25) is 0 Å². The number of piperidine rings is 1. The quantitative estimate of drug-likeness (QED) is 0.819. The number of amides is 2. The maximum absolute atomic E-state index is 11.1. The molecule has 0 unspecified atom stereocenters. The van der Waals surface area contributed by atoms with Gasteiger partial charge in [-0.05, 0) is 39.8 Å². The van der Waals surface area contributed by atoms with Crippen LogP contribution in [0.2, 0.25) is 0 Å². The fourth-order valence-electron chi connectivity index (χ4n) is 3.63. The molecule has 0 aromatic rings. The molecule has 20 heavy (non-hydrogen) atoms. The third-order valence-electron chi connectivity index (χ3n) is 5.26. The normalized spacial score (nSPS) is 24.1. The molecule has 0 radical (unpaired) electrons. The fourth-order valence-corrected chi connectivity index (χ4v) is 3.63. The SMILES string of the molecule is CN(C)C1(CNC2CCN(C(N)=O)CC2)CCCCC1. The summed E-state index contributed by atoms with van der Waals surface area (Å²) in [4.78, 5) is 15.3. The highest BCUT2D eigenvalue weighted by atomic mass is 16.2. The number of nitrogens with two attached hydrogens (primary N) is 1. The van der Waals surface area contributed by atoms with Gasteiger partial charge in [-0.1, -0.05) is 19.3 Å². The summed E-state index contributed by atoms with van der Waals surface area (Å²) in [5, 5.41) is 3.75. The number of carbonyl (C=O) groups excluding carboxylic acids is 1. The topological polar surface area (TPSA) is 61.6 Å². The summed E-state index contributed by atoms with van der Waals surface area (Å²) >= 11 is 0. The van der Waals surface area contributed by atoms with Crippen LogP contribution < -0.4 is 11.1 Å². The Balaban J connectivity index is 1.80. The summed E-state index contributed by atoms with van der Waals surface area (Å²) in [7, 11) is 4.42. The van der Waals surface area contributed by atoms with E-state index < -0.39 is 0 Å². The van der Waals surface area contributed by atoms with Gasteiger partial charge in [-0.2, -0.15) is 0 Å². The smallest absolute Gasteiger partial charge is 0.314 e. The van der Waals surface area contributed by atoms with E-state index in [2.05, 4.69) is 24.3 Å². The Bertz CT molecular complexity index is 318. The van der Waals surface area contributed by atoms with Crippen LogP contribution in [0.5, 0.6) is 0 Å². The van der Waals surface area contributed by atoms with Crippen LogP contribution in [0.15, 0.2) is 0 Å². The van der Waals surface area contributed by atoms with Crippen molar-refractivity contribution in [2.75, 3.05) is 33.7 Å². The number of hydrogen-bond donors (Lipinski definition) is 2. The maximum Gasteiger partial charge on any atom is 0.314 e. The molecule has 5 heteroatoms. The van der Waals surface area contributed by atoms with Gasteiger partial charge in [0.05, 0.1) is 0 Å². The minimum absolute atomic E-state index is 0.277. The summed E-state index contributed by atoms with van der Waals surface area (Å²) in [6, 6.07) is 0.254. The van der Waals surface area contributed by atoms with Gasteiger partial charge < -0.3 is 20.9 Å². The summed E-state index contributed by atoms with van der Waals surface area (Å²) in [6.45, 7) is 2.66. The lowest BCUT2D eigenvalue weighted by Crippen LogP contribution is -2.56. The lowest BCUT2D eigenvalue weighted by atomic mass is 9.80. The number of likely N-dealkylation sites (N-methyl/N-ethyl adjacent to an activating group) is 1. The summed E-state index contributed by atoms with van der Waals surface area (Å²) < 4.78 is 0. The maximum atomic E-state index is 11.1. The van der Waals surface area contributed by atoms with Crippen molar-refractivity contribution in [3.05, 3.63) is 0 Å². The zero-order valence-electron chi connectivity index (χ0n) is 13.0. The molecule has 0 bridgehead atoms. The highest BCUT2D eigenvalue weighted by molar-refractivity contribution is 5.72. The fraction of sp³-hybridized carbons (Fsp3) is 0.933. The van der Waals surface area contributed by atoms with Crippen LogP contribution in [0.25, 0.3) is 0 Å². The molecule has 1 saturated carbocycles. The number of hydrogen-bond acceptors (Lipinski definition) is 3. The lowest BCUT2D eigenvalue weighted by molar-refractivity contribution is 0.0908. The van der Waals surface area contributed by atoms with Crippen molar-refractivity contribution in [2.45, 2.75) is 56.5 Å². The molecule has 1 saturated heterocycles. The Kier molecular flexibility index (Phi) is 5.27. The first-order valence-corrected chi connectivity index (χ1v) is 7.99. The van der Waals surface area contributed by atoms with Gasteiger partial charge in [-0.15, -0.1) is 0 Å². The van der Waals surface area contributed by atoms with Crippen LogP contribution in [0, 0.1) is 0 Å². The Morgan fingerprint density at radius 3 is 2.35 bits per heavy atom. The standard InChI is InChI=1S/C15H30N4O/c1-18(2)15(8-4-3-5-9-15)12-17-13-6-10-19(11-7-13)14(16)20/h13,17H,3-12H2,1-2H3,(H2,16,20). The van der Waals surface area contributed by atoms with Gasteiger partial charge in [0.2, 0.25) is 0 Å². The van der Waals surface area contributed by atoms with Crippen LogP contribution in [0.1, 0.15) is 44.9 Å². The minimum atomic E-state index is -0.277. The molecule has 0 aromatic heterocycles. The molecule has 0 spiro atoms. The van der Waals surface area contributed by atoms with Crippen molar-refractivity contribution in [1.29, 1.82) is 0 Å². The van der Waals surface area contributed by atoms with Crippen molar-refractivity contribution in [3.8, 4) is 0 Å². The number of urea groups is 1. The molecule has 2 rings (SSSR count). The number of nitrogens with one attached hydrogen (secondary N) is 1. The molecule has 1 heterocycles. The van der Waals surface area contributed by atoms with E-state index in [1.54, 1.807) is 4.90 Å². The third kappa shape index (κ3) is 3.64. The van der Waals surface area contributed by atoms with E-state index in [0.29, 0.717) is 11.6 Å². The van der Waals surface area contributed by atoms with Gasteiger partial charge >= 0.3 is 6.03 Å².